The first-order valence-corrected chi connectivity index (χ1v) is 6.09. The standard InChI is InChI=1S/C12H12O2.C4H4O4/c1-10(12(13)14)6-5-9-11-7-3-2-4-8-11;5-3(6)1-2-4(7)8/h2-5,7-9H,1,6H2,(H,13,14);1-2H,(H,5,6)(H,7,8)/b;2-1-. The highest BCUT2D eigenvalue weighted by atomic mass is 16.4. The van der Waals surface area contributed by atoms with Crippen LogP contribution in [0.3, 0.4) is 0 Å². The third-order valence-corrected chi connectivity index (χ3v) is 2.15. The maximum absolute atomic E-state index is 10.4. The Kier molecular flexibility index (Phi) is 9.10. The molecular formula is C16H16O6. The van der Waals surface area contributed by atoms with Crippen molar-refractivity contribution in [3.05, 3.63) is 66.3 Å². The fourth-order valence-corrected chi connectivity index (χ4v) is 1.13. The molecule has 0 aliphatic heterocycles. The zero-order valence-electron chi connectivity index (χ0n) is 11.7. The van der Waals surface area contributed by atoms with Gasteiger partial charge >= 0.3 is 17.9 Å². The summed E-state index contributed by atoms with van der Waals surface area (Å²) in [6, 6.07) is 9.73. The lowest BCUT2D eigenvalue weighted by Gasteiger charge is -1.93. The van der Waals surface area contributed by atoms with Gasteiger partial charge in [-0.05, 0) is 12.0 Å². The van der Waals surface area contributed by atoms with E-state index in [0.29, 0.717) is 18.6 Å². The molecule has 0 unspecified atom stereocenters. The molecule has 1 aromatic rings. The van der Waals surface area contributed by atoms with Crippen molar-refractivity contribution >= 4 is 24.0 Å². The Hall–Kier alpha value is -3.15. The van der Waals surface area contributed by atoms with Crippen molar-refractivity contribution in [3.8, 4) is 0 Å². The van der Waals surface area contributed by atoms with Crippen LogP contribution in [-0.4, -0.2) is 33.2 Å². The van der Waals surface area contributed by atoms with Gasteiger partial charge in [0, 0.05) is 17.7 Å². The van der Waals surface area contributed by atoms with Gasteiger partial charge in [-0.1, -0.05) is 49.1 Å². The van der Waals surface area contributed by atoms with Crippen molar-refractivity contribution in [1.82, 2.24) is 0 Å². The summed E-state index contributed by atoms with van der Waals surface area (Å²) in [5.74, 6) is -3.46. The lowest BCUT2D eigenvalue weighted by Crippen LogP contribution is -1.96. The fraction of sp³-hybridized carbons (Fsp3) is 0.0625. The molecule has 1 aromatic carbocycles. The summed E-state index contributed by atoms with van der Waals surface area (Å²) < 4.78 is 0. The van der Waals surface area contributed by atoms with E-state index in [2.05, 4.69) is 6.58 Å². The highest BCUT2D eigenvalue weighted by Crippen LogP contribution is 2.05. The minimum atomic E-state index is -1.26. The Morgan fingerprint density at radius 3 is 1.86 bits per heavy atom. The second kappa shape index (κ2) is 10.6. The number of carbonyl (C=O) groups is 3. The first kappa shape index (κ1) is 18.9. The maximum Gasteiger partial charge on any atom is 0.331 e. The van der Waals surface area contributed by atoms with Crippen LogP contribution < -0.4 is 0 Å². The number of hydrogen-bond acceptors (Lipinski definition) is 3. The first-order valence-electron chi connectivity index (χ1n) is 6.09. The molecule has 22 heavy (non-hydrogen) atoms. The molecule has 0 saturated heterocycles. The Balaban J connectivity index is 0.000000472. The molecule has 3 N–H and O–H groups in total. The molecule has 0 aliphatic carbocycles. The number of carboxylic acid groups (broad SMARTS) is 3. The Bertz CT molecular complexity index is 568. The van der Waals surface area contributed by atoms with E-state index < -0.39 is 17.9 Å². The summed E-state index contributed by atoms with van der Waals surface area (Å²) in [5.41, 5.74) is 1.27. The smallest absolute Gasteiger partial charge is 0.331 e. The lowest BCUT2D eigenvalue weighted by atomic mass is 10.1. The van der Waals surface area contributed by atoms with Crippen molar-refractivity contribution in [1.29, 1.82) is 0 Å². The minimum Gasteiger partial charge on any atom is -0.478 e. The molecule has 0 atom stereocenters. The zero-order valence-corrected chi connectivity index (χ0v) is 11.7. The summed E-state index contributed by atoms with van der Waals surface area (Å²) >= 11 is 0. The van der Waals surface area contributed by atoms with E-state index >= 15 is 0 Å². The van der Waals surface area contributed by atoms with Gasteiger partial charge in [0.05, 0.1) is 0 Å². The summed E-state index contributed by atoms with van der Waals surface area (Å²) in [6.07, 6.45) is 5.18. The van der Waals surface area contributed by atoms with Crippen LogP contribution in [-0.2, 0) is 14.4 Å². The summed E-state index contributed by atoms with van der Waals surface area (Å²) in [6.45, 7) is 3.43. The van der Waals surface area contributed by atoms with Gasteiger partial charge in [-0.2, -0.15) is 0 Å². The second-order valence-electron chi connectivity index (χ2n) is 3.94. The average Bonchev–Trinajstić information content (AvgIpc) is 2.46. The molecule has 0 amide bonds. The molecule has 6 heteroatoms. The Morgan fingerprint density at radius 1 is 0.955 bits per heavy atom. The highest BCUT2D eigenvalue weighted by molar-refractivity contribution is 5.89. The molecule has 0 aromatic heterocycles. The van der Waals surface area contributed by atoms with E-state index in [1.807, 2.05) is 36.4 Å². The average molecular weight is 304 g/mol. The second-order valence-corrected chi connectivity index (χ2v) is 3.94. The summed E-state index contributed by atoms with van der Waals surface area (Å²) in [4.78, 5) is 29.5. The molecule has 116 valence electrons. The summed E-state index contributed by atoms with van der Waals surface area (Å²) in [7, 11) is 0. The number of allylic oxidation sites excluding steroid dienone is 1. The molecule has 0 spiro atoms. The van der Waals surface area contributed by atoms with Crippen LogP contribution in [0, 0.1) is 0 Å². The van der Waals surface area contributed by atoms with E-state index in [0.717, 1.165) is 5.56 Å². The highest BCUT2D eigenvalue weighted by Gasteiger charge is 1.99. The monoisotopic (exact) mass is 304 g/mol. The van der Waals surface area contributed by atoms with Crippen LogP contribution in [0.5, 0.6) is 0 Å². The molecule has 0 fully saturated rings. The van der Waals surface area contributed by atoms with Gasteiger partial charge in [-0.15, -0.1) is 0 Å². The number of aliphatic carboxylic acids is 3. The predicted molar refractivity (Wildman–Crippen MR) is 81.3 cm³/mol. The van der Waals surface area contributed by atoms with Crippen molar-refractivity contribution in [2.24, 2.45) is 0 Å². The lowest BCUT2D eigenvalue weighted by molar-refractivity contribution is -0.134. The van der Waals surface area contributed by atoms with E-state index in [-0.39, 0.29) is 5.57 Å². The predicted octanol–water partition coefficient (Wildman–Crippen LogP) is 2.44. The normalized spacial score (nSPS) is 10.0. The number of carboxylic acids is 3. The molecular weight excluding hydrogens is 288 g/mol. The van der Waals surface area contributed by atoms with Crippen LogP contribution >= 0.6 is 0 Å². The molecule has 0 aliphatic rings. The molecule has 6 nitrogen and oxygen atoms in total. The van der Waals surface area contributed by atoms with E-state index in [4.69, 9.17) is 15.3 Å². The van der Waals surface area contributed by atoms with Gasteiger partial charge in [0.25, 0.3) is 0 Å². The maximum atomic E-state index is 10.4. The van der Waals surface area contributed by atoms with Gasteiger partial charge < -0.3 is 15.3 Å². The minimum absolute atomic E-state index is 0.206. The quantitative estimate of drug-likeness (QED) is 0.696. The van der Waals surface area contributed by atoms with Crippen LogP contribution in [0.1, 0.15) is 12.0 Å². The zero-order chi connectivity index (χ0) is 17.0. The van der Waals surface area contributed by atoms with Crippen LogP contribution in [0.2, 0.25) is 0 Å². The fourth-order valence-electron chi connectivity index (χ4n) is 1.13. The van der Waals surface area contributed by atoms with Gasteiger partial charge in [0.15, 0.2) is 0 Å². The van der Waals surface area contributed by atoms with Crippen LogP contribution in [0.25, 0.3) is 6.08 Å². The Labute approximate surface area is 127 Å². The topological polar surface area (TPSA) is 112 Å². The third kappa shape index (κ3) is 10.7. The third-order valence-electron chi connectivity index (χ3n) is 2.15. The van der Waals surface area contributed by atoms with Crippen LogP contribution in [0.15, 0.2) is 60.7 Å². The van der Waals surface area contributed by atoms with E-state index in [1.54, 1.807) is 6.08 Å². The number of rotatable bonds is 6. The number of hydrogen-bond donors (Lipinski definition) is 3. The van der Waals surface area contributed by atoms with Crippen molar-refractivity contribution in [2.45, 2.75) is 6.42 Å². The number of benzene rings is 1. The van der Waals surface area contributed by atoms with Crippen LogP contribution in [0.4, 0.5) is 0 Å². The molecule has 1 rings (SSSR count). The first-order chi connectivity index (χ1) is 10.3. The Morgan fingerprint density at radius 2 is 1.45 bits per heavy atom. The van der Waals surface area contributed by atoms with Crippen molar-refractivity contribution in [2.75, 3.05) is 0 Å². The van der Waals surface area contributed by atoms with Crippen molar-refractivity contribution < 1.29 is 29.7 Å². The molecule has 0 radical (unpaired) electrons. The molecule has 0 bridgehead atoms. The van der Waals surface area contributed by atoms with E-state index in [9.17, 15) is 14.4 Å². The largest absolute Gasteiger partial charge is 0.478 e. The van der Waals surface area contributed by atoms with Crippen molar-refractivity contribution in [3.63, 3.8) is 0 Å². The van der Waals surface area contributed by atoms with Gasteiger partial charge in [0.1, 0.15) is 0 Å². The van der Waals surface area contributed by atoms with Gasteiger partial charge in [-0.3, -0.25) is 0 Å². The molecule has 0 saturated carbocycles. The summed E-state index contributed by atoms with van der Waals surface area (Å²) in [5, 5.41) is 24.2. The van der Waals surface area contributed by atoms with Gasteiger partial charge in [-0.25, -0.2) is 14.4 Å². The molecule has 0 heterocycles. The SMILES string of the molecule is C=C(CC=Cc1ccccc1)C(=O)O.O=C(O)/C=C\C(=O)O. The van der Waals surface area contributed by atoms with E-state index in [1.165, 1.54) is 0 Å². The van der Waals surface area contributed by atoms with Gasteiger partial charge in [0.2, 0.25) is 0 Å².